The Labute approximate surface area is 117 Å². The van der Waals surface area contributed by atoms with E-state index in [9.17, 15) is 9.59 Å². The molecule has 1 aliphatic heterocycles. The minimum absolute atomic E-state index is 0.00567. The van der Waals surface area contributed by atoms with Crippen LogP contribution in [0.25, 0.3) is 0 Å². The van der Waals surface area contributed by atoms with Crippen LogP contribution in [0.5, 0.6) is 0 Å². The number of anilines is 1. The first-order valence-electron chi connectivity index (χ1n) is 5.36. The van der Waals surface area contributed by atoms with E-state index in [1.807, 2.05) is 0 Å². The van der Waals surface area contributed by atoms with Gasteiger partial charge in [-0.3, -0.25) is 4.79 Å². The second kappa shape index (κ2) is 5.75. The molecular weight excluding hydrogens is 318 g/mol. The van der Waals surface area contributed by atoms with E-state index in [0.29, 0.717) is 11.1 Å². The van der Waals surface area contributed by atoms with E-state index in [2.05, 4.69) is 21.2 Å². The summed E-state index contributed by atoms with van der Waals surface area (Å²) in [6.45, 7) is 0.664. The molecule has 1 aliphatic rings. The van der Waals surface area contributed by atoms with E-state index in [4.69, 9.17) is 14.6 Å². The van der Waals surface area contributed by atoms with Gasteiger partial charge in [0.15, 0.2) is 0 Å². The van der Waals surface area contributed by atoms with Gasteiger partial charge in [0.2, 0.25) is 5.76 Å². The quantitative estimate of drug-likeness (QED) is 0.886. The third kappa shape index (κ3) is 3.25. The number of halogens is 1. The van der Waals surface area contributed by atoms with Crippen molar-refractivity contribution in [2.75, 3.05) is 18.5 Å². The summed E-state index contributed by atoms with van der Waals surface area (Å²) in [7, 11) is 0. The highest BCUT2D eigenvalue weighted by Crippen LogP contribution is 2.22. The Hall–Kier alpha value is -2.02. The number of carboxylic acid groups (broad SMARTS) is 1. The fourth-order valence-electron chi connectivity index (χ4n) is 1.48. The van der Waals surface area contributed by atoms with Gasteiger partial charge in [0.1, 0.15) is 19.5 Å². The summed E-state index contributed by atoms with van der Waals surface area (Å²) in [5.74, 6) is -1.67. The summed E-state index contributed by atoms with van der Waals surface area (Å²) in [4.78, 5) is 22.9. The Kier molecular flexibility index (Phi) is 4.06. The number of ether oxygens (including phenoxy) is 2. The van der Waals surface area contributed by atoms with Crippen molar-refractivity contribution in [1.82, 2.24) is 0 Å². The highest BCUT2D eigenvalue weighted by molar-refractivity contribution is 9.10. The summed E-state index contributed by atoms with van der Waals surface area (Å²) in [5, 5.41) is 11.5. The molecule has 2 rings (SSSR count). The molecule has 100 valence electrons. The molecule has 0 fully saturated rings. The van der Waals surface area contributed by atoms with Crippen molar-refractivity contribution in [1.29, 1.82) is 0 Å². The van der Waals surface area contributed by atoms with Crippen LogP contribution in [0.1, 0.15) is 10.4 Å². The molecule has 0 saturated heterocycles. The average molecular weight is 328 g/mol. The molecular formula is C12H10BrNO5. The fourth-order valence-corrected chi connectivity index (χ4v) is 1.84. The maximum absolute atomic E-state index is 11.9. The lowest BCUT2D eigenvalue weighted by Gasteiger charge is -2.15. The zero-order chi connectivity index (χ0) is 13.8. The van der Waals surface area contributed by atoms with Crippen molar-refractivity contribution >= 4 is 33.5 Å². The molecule has 0 aromatic heterocycles. The van der Waals surface area contributed by atoms with Crippen LogP contribution in [0.3, 0.4) is 0 Å². The molecule has 0 radical (unpaired) electrons. The van der Waals surface area contributed by atoms with Crippen LogP contribution < -0.4 is 5.32 Å². The molecule has 6 nitrogen and oxygen atoms in total. The SMILES string of the molecule is O=C(Nc1cc(Br)ccc1C(=O)O)C1=COCCO1. The van der Waals surface area contributed by atoms with Crippen LogP contribution in [-0.4, -0.2) is 30.2 Å². The number of amides is 1. The number of nitrogens with one attached hydrogen (secondary N) is 1. The van der Waals surface area contributed by atoms with Crippen molar-refractivity contribution < 1.29 is 24.2 Å². The molecule has 1 aromatic rings. The van der Waals surface area contributed by atoms with Crippen LogP contribution in [0.15, 0.2) is 34.7 Å². The number of carbonyl (C=O) groups is 2. The number of hydrogen-bond acceptors (Lipinski definition) is 4. The van der Waals surface area contributed by atoms with Crippen LogP contribution in [0, 0.1) is 0 Å². The van der Waals surface area contributed by atoms with E-state index >= 15 is 0 Å². The van der Waals surface area contributed by atoms with Crippen LogP contribution in [-0.2, 0) is 14.3 Å². The molecule has 2 N–H and O–H groups in total. The lowest BCUT2D eigenvalue weighted by Crippen LogP contribution is -2.22. The van der Waals surface area contributed by atoms with Gasteiger partial charge < -0.3 is 19.9 Å². The molecule has 0 saturated carbocycles. The van der Waals surface area contributed by atoms with E-state index < -0.39 is 11.9 Å². The predicted molar refractivity (Wildman–Crippen MR) is 69.7 cm³/mol. The zero-order valence-electron chi connectivity index (χ0n) is 9.68. The van der Waals surface area contributed by atoms with Gasteiger partial charge in [-0.25, -0.2) is 4.79 Å². The molecule has 1 amide bonds. The van der Waals surface area contributed by atoms with E-state index in [1.165, 1.54) is 18.4 Å². The Morgan fingerprint density at radius 1 is 1.32 bits per heavy atom. The Morgan fingerprint density at radius 2 is 2.11 bits per heavy atom. The third-order valence-electron chi connectivity index (χ3n) is 2.33. The summed E-state index contributed by atoms with van der Waals surface area (Å²) in [6, 6.07) is 4.48. The van der Waals surface area contributed by atoms with Crippen LogP contribution >= 0.6 is 15.9 Å². The molecule has 0 bridgehead atoms. The van der Waals surface area contributed by atoms with E-state index in [1.54, 1.807) is 6.07 Å². The maximum Gasteiger partial charge on any atom is 0.337 e. The van der Waals surface area contributed by atoms with Gasteiger partial charge in [0, 0.05) is 4.47 Å². The third-order valence-corrected chi connectivity index (χ3v) is 2.83. The Morgan fingerprint density at radius 3 is 2.74 bits per heavy atom. The molecule has 0 atom stereocenters. The second-order valence-corrected chi connectivity index (χ2v) is 4.57. The number of aromatic carboxylic acids is 1. The number of benzene rings is 1. The average Bonchev–Trinajstić information content (AvgIpc) is 2.39. The van der Waals surface area contributed by atoms with Crippen molar-refractivity contribution in [2.24, 2.45) is 0 Å². The molecule has 7 heteroatoms. The zero-order valence-corrected chi connectivity index (χ0v) is 11.3. The molecule has 1 aromatic carbocycles. The van der Waals surface area contributed by atoms with Crippen molar-refractivity contribution in [3.05, 3.63) is 40.3 Å². The van der Waals surface area contributed by atoms with Crippen LogP contribution in [0.4, 0.5) is 5.69 Å². The van der Waals surface area contributed by atoms with Gasteiger partial charge in [-0.05, 0) is 18.2 Å². The van der Waals surface area contributed by atoms with Gasteiger partial charge in [-0.15, -0.1) is 0 Å². The minimum atomic E-state index is -1.13. The fraction of sp³-hybridized carbons (Fsp3) is 0.167. The second-order valence-electron chi connectivity index (χ2n) is 3.65. The van der Waals surface area contributed by atoms with E-state index in [0.717, 1.165) is 0 Å². The molecule has 19 heavy (non-hydrogen) atoms. The summed E-state index contributed by atoms with van der Waals surface area (Å²) < 4.78 is 10.7. The summed E-state index contributed by atoms with van der Waals surface area (Å²) in [6.07, 6.45) is 1.21. The largest absolute Gasteiger partial charge is 0.494 e. The number of carboxylic acids is 1. The van der Waals surface area contributed by atoms with Gasteiger partial charge in [-0.1, -0.05) is 15.9 Å². The maximum atomic E-state index is 11.9. The van der Waals surface area contributed by atoms with Crippen molar-refractivity contribution in [2.45, 2.75) is 0 Å². The Bertz CT molecular complexity index is 555. The lowest BCUT2D eigenvalue weighted by molar-refractivity contribution is -0.117. The molecule has 1 heterocycles. The van der Waals surface area contributed by atoms with Gasteiger partial charge in [0.25, 0.3) is 5.91 Å². The van der Waals surface area contributed by atoms with Gasteiger partial charge in [-0.2, -0.15) is 0 Å². The van der Waals surface area contributed by atoms with Crippen LogP contribution in [0.2, 0.25) is 0 Å². The van der Waals surface area contributed by atoms with E-state index in [-0.39, 0.29) is 23.6 Å². The normalized spacial score (nSPS) is 13.8. The lowest BCUT2D eigenvalue weighted by atomic mass is 10.2. The number of carbonyl (C=O) groups excluding carboxylic acids is 1. The summed E-state index contributed by atoms with van der Waals surface area (Å²) >= 11 is 3.22. The standard InChI is InChI=1S/C12H10BrNO5/c13-7-1-2-8(12(16)17)9(5-7)14-11(15)10-6-18-3-4-19-10/h1-2,5-6H,3-4H2,(H,14,15)(H,16,17). The first kappa shape index (κ1) is 13.4. The Balaban J connectivity index is 2.22. The molecule has 0 aliphatic carbocycles. The first-order chi connectivity index (χ1) is 9.08. The van der Waals surface area contributed by atoms with Crippen molar-refractivity contribution in [3.63, 3.8) is 0 Å². The first-order valence-corrected chi connectivity index (χ1v) is 6.16. The predicted octanol–water partition coefficient (Wildman–Crippen LogP) is 1.97. The van der Waals surface area contributed by atoms with Crippen molar-refractivity contribution in [3.8, 4) is 0 Å². The number of hydrogen-bond donors (Lipinski definition) is 2. The number of rotatable bonds is 3. The molecule has 0 spiro atoms. The minimum Gasteiger partial charge on any atom is -0.494 e. The molecule has 0 unspecified atom stereocenters. The smallest absolute Gasteiger partial charge is 0.337 e. The summed E-state index contributed by atoms with van der Waals surface area (Å²) in [5.41, 5.74) is 0.177. The monoisotopic (exact) mass is 327 g/mol. The van der Waals surface area contributed by atoms with Gasteiger partial charge >= 0.3 is 5.97 Å². The highest BCUT2D eigenvalue weighted by atomic mass is 79.9. The topological polar surface area (TPSA) is 84.9 Å². The van der Waals surface area contributed by atoms with Gasteiger partial charge in [0.05, 0.1) is 11.3 Å². The highest BCUT2D eigenvalue weighted by Gasteiger charge is 2.18.